The number of rotatable bonds is 5. The number of nitrogens with zero attached hydrogens (tertiary/aromatic N) is 1. The summed E-state index contributed by atoms with van der Waals surface area (Å²) >= 11 is 0. The minimum Gasteiger partial charge on any atom is -0.462 e. The van der Waals surface area contributed by atoms with Gasteiger partial charge in [-0.15, -0.1) is 0 Å². The quantitative estimate of drug-likeness (QED) is 0.362. The summed E-state index contributed by atoms with van der Waals surface area (Å²) in [5, 5.41) is 0. The minimum atomic E-state index is -0.661. The molecule has 0 N–H and O–H groups in total. The van der Waals surface area contributed by atoms with Gasteiger partial charge in [0.15, 0.2) is 5.57 Å². The fraction of sp³-hybridized carbons (Fsp3) is 0.444. The molecule has 0 spiro atoms. The van der Waals surface area contributed by atoms with Crippen LogP contribution in [0.25, 0.3) is 0 Å². The fourth-order valence-electron chi connectivity index (χ4n) is 2.75. The van der Waals surface area contributed by atoms with Crippen LogP contribution >= 0.6 is 0 Å². The van der Waals surface area contributed by atoms with E-state index in [0.29, 0.717) is 0 Å². The highest BCUT2D eigenvalue weighted by atomic mass is 16.6. The summed E-state index contributed by atoms with van der Waals surface area (Å²) in [5.41, 5.74) is 1.84. The Morgan fingerprint density at radius 2 is 1.70 bits per heavy atom. The molecule has 1 heterocycles. The van der Waals surface area contributed by atoms with Gasteiger partial charge in [-0.2, -0.15) is 0 Å². The molecule has 0 atom stereocenters. The van der Waals surface area contributed by atoms with Crippen molar-refractivity contribution >= 4 is 17.6 Å². The first-order chi connectivity index (χ1) is 10.9. The maximum absolute atomic E-state index is 12.2. The summed E-state index contributed by atoms with van der Waals surface area (Å²) in [6.45, 7) is 7.95. The third-order valence-corrected chi connectivity index (χ3v) is 3.78. The normalized spacial score (nSPS) is 14.9. The number of hydrogen-bond donors (Lipinski definition) is 0. The molecule has 5 nitrogen and oxygen atoms in total. The molecule has 2 rings (SSSR count). The molecule has 1 aromatic carbocycles. The monoisotopic (exact) mass is 317 g/mol. The Kier molecular flexibility index (Phi) is 5.08. The summed E-state index contributed by atoms with van der Waals surface area (Å²) in [5.74, 6) is -1.32. The molecule has 0 aliphatic carbocycles. The van der Waals surface area contributed by atoms with Crippen molar-refractivity contribution in [3.8, 4) is 0 Å². The molecule has 124 valence electrons. The second kappa shape index (κ2) is 6.86. The Hall–Kier alpha value is -2.30. The molecule has 1 aliphatic heterocycles. The SMILES string of the molecule is CCOC(=O)C(=CN1c2ccccc2CC1(C)C)C(=O)OCC. The number of hydrogen-bond acceptors (Lipinski definition) is 5. The van der Waals surface area contributed by atoms with Crippen molar-refractivity contribution in [1.82, 2.24) is 0 Å². The second-order valence-electron chi connectivity index (χ2n) is 5.97. The molecule has 0 fully saturated rings. The van der Waals surface area contributed by atoms with E-state index in [0.717, 1.165) is 12.1 Å². The van der Waals surface area contributed by atoms with Crippen molar-refractivity contribution in [2.75, 3.05) is 18.1 Å². The molecule has 0 amide bonds. The summed E-state index contributed by atoms with van der Waals surface area (Å²) < 4.78 is 10.0. The van der Waals surface area contributed by atoms with Gasteiger partial charge in [-0.25, -0.2) is 9.59 Å². The molecule has 0 saturated carbocycles. The maximum atomic E-state index is 12.2. The van der Waals surface area contributed by atoms with Crippen LogP contribution in [0.15, 0.2) is 36.0 Å². The Morgan fingerprint density at radius 3 is 2.26 bits per heavy atom. The number of esters is 2. The Morgan fingerprint density at radius 1 is 1.13 bits per heavy atom. The maximum Gasteiger partial charge on any atom is 0.347 e. The van der Waals surface area contributed by atoms with E-state index >= 15 is 0 Å². The van der Waals surface area contributed by atoms with Crippen molar-refractivity contribution in [2.24, 2.45) is 0 Å². The van der Waals surface area contributed by atoms with Crippen LogP contribution in [0.4, 0.5) is 5.69 Å². The number of fused-ring (bicyclic) bond motifs is 1. The van der Waals surface area contributed by atoms with Crippen LogP contribution in [-0.4, -0.2) is 30.7 Å². The topological polar surface area (TPSA) is 55.8 Å². The smallest absolute Gasteiger partial charge is 0.347 e. The molecule has 0 bridgehead atoms. The first kappa shape index (κ1) is 17.1. The highest BCUT2D eigenvalue weighted by Crippen LogP contribution is 2.39. The van der Waals surface area contributed by atoms with E-state index in [1.807, 2.05) is 23.1 Å². The minimum absolute atomic E-state index is 0.0847. The van der Waals surface area contributed by atoms with Gasteiger partial charge in [0.1, 0.15) is 0 Å². The van der Waals surface area contributed by atoms with Crippen molar-refractivity contribution in [3.63, 3.8) is 0 Å². The number of para-hydroxylation sites is 1. The van der Waals surface area contributed by atoms with Crippen molar-refractivity contribution in [2.45, 2.75) is 39.7 Å². The molecule has 5 heteroatoms. The predicted molar refractivity (Wildman–Crippen MR) is 88.1 cm³/mol. The fourth-order valence-corrected chi connectivity index (χ4v) is 2.75. The molecule has 0 aromatic heterocycles. The highest BCUT2D eigenvalue weighted by molar-refractivity contribution is 6.14. The molecule has 0 unspecified atom stereocenters. The van der Waals surface area contributed by atoms with Crippen LogP contribution in [0.1, 0.15) is 33.3 Å². The Labute approximate surface area is 136 Å². The molecule has 0 radical (unpaired) electrons. The van der Waals surface area contributed by atoms with E-state index in [2.05, 4.69) is 19.9 Å². The summed E-state index contributed by atoms with van der Waals surface area (Å²) in [6.07, 6.45) is 2.39. The third kappa shape index (κ3) is 3.55. The van der Waals surface area contributed by atoms with Crippen molar-refractivity contribution in [3.05, 3.63) is 41.6 Å². The predicted octanol–water partition coefficient (Wildman–Crippen LogP) is 2.84. The summed E-state index contributed by atoms with van der Waals surface area (Å²) in [4.78, 5) is 26.3. The number of carbonyl (C=O) groups is 2. The van der Waals surface area contributed by atoms with Gasteiger partial charge in [-0.05, 0) is 45.7 Å². The summed E-state index contributed by atoms with van der Waals surface area (Å²) in [6, 6.07) is 7.96. The average Bonchev–Trinajstić information content (AvgIpc) is 2.74. The van der Waals surface area contributed by atoms with Crippen LogP contribution in [0, 0.1) is 0 Å². The number of carbonyl (C=O) groups excluding carboxylic acids is 2. The van der Waals surface area contributed by atoms with E-state index in [1.54, 1.807) is 20.0 Å². The Balaban J connectivity index is 2.44. The van der Waals surface area contributed by atoms with E-state index in [-0.39, 0.29) is 24.3 Å². The van der Waals surface area contributed by atoms with Gasteiger partial charge in [-0.3, -0.25) is 0 Å². The van der Waals surface area contributed by atoms with Gasteiger partial charge >= 0.3 is 11.9 Å². The van der Waals surface area contributed by atoms with Crippen LogP contribution < -0.4 is 4.90 Å². The van der Waals surface area contributed by atoms with Gasteiger partial charge in [0.05, 0.1) is 13.2 Å². The van der Waals surface area contributed by atoms with Crippen LogP contribution in [0.2, 0.25) is 0 Å². The van der Waals surface area contributed by atoms with Crippen LogP contribution in [0.5, 0.6) is 0 Å². The molecule has 0 saturated heterocycles. The number of anilines is 1. The largest absolute Gasteiger partial charge is 0.462 e. The standard InChI is InChI=1S/C18H23NO4/c1-5-22-16(20)14(17(21)23-6-2)12-19-15-10-8-7-9-13(15)11-18(19,3)4/h7-10,12H,5-6,11H2,1-4H3. The van der Waals surface area contributed by atoms with Gasteiger partial charge in [-0.1, -0.05) is 18.2 Å². The Bertz CT molecular complexity index is 614. The highest BCUT2D eigenvalue weighted by Gasteiger charge is 2.36. The van der Waals surface area contributed by atoms with E-state index < -0.39 is 11.9 Å². The first-order valence-corrected chi connectivity index (χ1v) is 7.84. The summed E-state index contributed by atoms with van der Waals surface area (Å²) in [7, 11) is 0. The van der Waals surface area contributed by atoms with Crippen LogP contribution in [0.3, 0.4) is 0 Å². The third-order valence-electron chi connectivity index (χ3n) is 3.78. The number of benzene rings is 1. The molecular weight excluding hydrogens is 294 g/mol. The molecular formula is C18H23NO4. The van der Waals surface area contributed by atoms with Crippen molar-refractivity contribution < 1.29 is 19.1 Å². The zero-order chi connectivity index (χ0) is 17.0. The lowest BCUT2D eigenvalue weighted by Gasteiger charge is -2.31. The molecule has 23 heavy (non-hydrogen) atoms. The van der Waals surface area contributed by atoms with Gasteiger partial charge in [0, 0.05) is 17.4 Å². The molecule has 1 aliphatic rings. The van der Waals surface area contributed by atoms with Gasteiger partial charge in [0.25, 0.3) is 0 Å². The second-order valence-corrected chi connectivity index (χ2v) is 5.97. The van der Waals surface area contributed by atoms with E-state index in [4.69, 9.17) is 9.47 Å². The van der Waals surface area contributed by atoms with Crippen molar-refractivity contribution in [1.29, 1.82) is 0 Å². The zero-order valence-electron chi connectivity index (χ0n) is 14.1. The lowest BCUT2D eigenvalue weighted by Crippen LogP contribution is -2.38. The van der Waals surface area contributed by atoms with E-state index in [9.17, 15) is 9.59 Å². The van der Waals surface area contributed by atoms with Crippen LogP contribution in [-0.2, 0) is 25.5 Å². The average molecular weight is 317 g/mol. The lowest BCUT2D eigenvalue weighted by atomic mass is 9.99. The van der Waals surface area contributed by atoms with Gasteiger partial charge < -0.3 is 14.4 Å². The lowest BCUT2D eigenvalue weighted by molar-refractivity contribution is -0.146. The zero-order valence-corrected chi connectivity index (χ0v) is 14.1. The first-order valence-electron chi connectivity index (χ1n) is 7.84. The van der Waals surface area contributed by atoms with Gasteiger partial charge in [0.2, 0.25) is 0 Å². The molecule has 1 aromatic rings. The van der Waals surface area contributed by atoms with E-state index in [1.165, 1.54) is 5.56 Å². The number of ether oxygens (including phenoxy) is 2.